The quantitative estimate of drug-likeness (QED) is 0.857. The summed E-state index contributed by atoms with van der Waals surface area (Å²) in [5.41, 5.74) is 9.42. The third kappa shape index (κ3) is 1.91. The van der Waals surface area contributed by atoms with Crippen molar-refractivity contribution in [3.8, 4) is 17.3 Å². The van der Waals surface area contributed by atoms with Crippen LogP contribution in [0.4, 0.5) is 0 Å². The van der Waals surface area contributed by atoms with Gasteiger partial charge in [0.2, 0.25) is 12.6 Å². The van der Waals surface area contributed by atoms with Crippen molar-refractivity contribution in [2.24, 2.45) is 0 Å². The number of H-pyrrole nitrogens is 1. The van der Waals surface area contributed by atoms with Crippen molar-refractivity contribution in [2.45, 2.75) is 0 Å². The Balaban J connectivity index is 1.71. The van der Waals surface area contributed by atoms with Gasteiger partial charge in [0.15, 0.2) is 11.5 Å². The van der Waals surface area contributed by atoms with Crippen molar-refractivity contribution >= 4 is 5.57 Å². The standard InChI is InChI=1S/C16H8N4O2/c17-8-13-16(19-20-18-13)11-3-1-10(2-4-11)12-5-6-14-15(7-12)22-9-21-14/h1-4,7H,9H2,(H,18,19,20). The van der Waals surface area contributed by atoms with E-state index in [9.17, 15) is 0 Å². The highest BCUT2D eigenvalue weighted by atomic mass is 16.7. The molecule has 2 aliphatic rings. The Morgan fingerprint density at radius 1 is 1.09 bits per heavy atom. The van der Waals surface area contributed by atoms with E-state index in [0.717, 1.165) is 16.7 Å². The minimum absolute atomic E-state index is 0.213. The molecule has 104 valence electrons. The number of rotatable bonds is 2. The smallest absolute Gasteiger partial charge is 0.232 e. The molecule has 0 amide bonds. The Labute approximate surface area is 125 Å². The predicted molar refractivity (Wildman–Crippen MR) is 75.6 cm³/mol. The largest absolute Gasteiger partial charge is 0.453 e. The van der Waals surface area contributed by atoms with Gasteiger partial charge in [0.25, 0.3) is 0 Å². The average molecular weight is 288 g/mol. The molecule has 1 aromatic carbocycles. The van der Waals surface area contributed by atoms with Crippen LogP contribution in [0.25, 0.3) is 16.8 Å². The Morgan fingerprint density at radius 2 is 1.91 bits per heavy atom. The van der Waals surface area contributed by atoms with E-state index in [-0.39, 0.29) is 12.5 Å². The average Bonchev–Trinajstić information content (AvgIpc) is 3.23. The van der Waals surface area contributed by atoms with Crippen molar-refractivity contribution in [1.82, 2.24) is 15.4 Å². The lowest BCUT2D eigenvalue weighted by atomic mass is 10.0. The summed E-state index contributed by atoms with van der Waals surface area (Å²) in [6.45, 7) is 0.213. The van der Waals surface area contributed by atoms with E-state index in [0.29, 0.717) is 17.2 Å². The van der Waals surface area contributed by atoms with Gasteiger partial charge < -0.3 is 9.47 Å². The van der Waals surface area contributed by atoms with Gasteiger partial charge in [-0.1, -0.05) is 30.0 Å². The molecule has 6 nitrogen and oxygen atoms in total. The van der Waals surface area contributed by atoms with Crippen LogP contribution >= 0.6 is 0 Å². The number of aromatic amines is 1. The van der Waals surface area contributed by atoms with E-state index in [1.807, 2.05) is 36.4 Å². The summed E-state index contributed by atoms with van der Waals surface area (Å²) in [5, 5.41) is 19.2. The first kappa shape index (κ1) is 12.2. The molecule has 6 heteroatoms. The minimum atomic E-state index is 0.213. The lowest BCUT2D eigenvalue weighted by molar-refractivity contribution is 0.0980. The fourth-order valence-corrected chi connectivity index (χ4v) is 2.26. The van der Waals surface area contributed by atoms with Gasteiger partial charge in [-0.3, -0.25) is 0 Å². The molecule has 0 radical (unpaired) electrons. The van der Waals surface area contributed by atoms with Crippen molar-refractivity contribution in [2.75, 3.05) is 6.79 Å². The van der Waals surface area contributed by atoms with Gasteiger partial charge >= 0.3 is 0 Å². The summed E-state index contributed by atoms with van der Waals surface area (Å²) < 4.78 is 10.6. The molecule has 1 aliphatic carbocycles. The van der Waals surface area contributed by atoms with Crippen LogP contribution in [-0.4, -0.2) is 22.2 Å². The summed E-state index contributed by atoms with van der Waals surface area (Å²) >= 11 is 0. The first-order valence-corrected chi connectivity index (χ1v) is 6.50. The zero-order valence-corrected chi connectivity index (χ0v) is 11.3. The van der Waals surface area contributed by atoms with Crippen LogP contribution in [0, 0.1) is 11.3 Å². The van der Waals surface area contributed by atoms with Gasteiger partial charge in [0.05, 0.1) is 0 Å². The molecular weight excluding hydrogens is 280 g/mol. The van der Waals surface area contributed by atoms with Crippen LogP contribution in [0.2, 0.25) is 0 Å². The summed E-state index contributed by atoms with van der Waals surface area (Å²) in [6, 6.07) is 9.61. The van der Waals surface area contributed by atoms with E-state index in [4.69, 9.17) is 14.7 Å². The number of hydrogen-bond acceptors (Lipinski definition) is 5. The van der Waals surface area contributed by atoms with Gasteiger partial charge in [0.1, 0.15) is 11.8 Å². The van der Waals surface area contributed by atoms with Gasteiger partial charge in [-0.25, -0.2) is 0 Å². The van der Waals surface area contributed by atoms with Gasteiger partial charge in [-0.15, -0.1) is 5.10 Å². The molecule has 1 aromatic heterocycles. The van der Waals surface area contributed by atoms with Gasteiger partial charge in [-0.2, -0.15) is 15.6 Å². The minimum Gasteiger partial charge on any atom is -0.453 e. The Hall–Kier alpha value is -3.51. The monoisotopic (exact) mass is 288 g/mol. The van der Waals surface area contributed by atoms with Gasteiger partial charge in [0, 0.05) is 17.2 Å². The number of aromatic nitrogens is 3. The maximum atomic E-state index is 8.98. The van der Waals surface area contributed by atoms with Crippen LogP contribution in [0.1, 0.15) is 11.3 Å². The number of nitriles is 1. The molecule has 0 atom stereocenters. The molecule has 1 aliphatic heterocycles. The number of nitrogens with one attached hydrogen (secondary N) is 1. The summed E-state index contributed by atoms with van der Waals surface area (Å²) in [7, 11) is 0. The molecule has 1 saturated heterocycles. The van der Waals surface area contributed by atoms with Crippen LogP contribution in [-0.2, 0) is 9.47 Å². The highest BCUT2D eigenvalue weighted by Gasteiger charge is 2.19. The Morgan fingerprint density at radius 3 is 2.73 bits per heavy atom. The van der Waals surface area contributed by atoms with E-state index in [1.54, 1.807) is 0 Å². The fraction of sp³-hybridized carbons (Fsp3) is 0.0625. The molecule has 0 spiro atoms. The molecule has 2 aromatic rings. The molecule has 2 heterocycles. The summed E-state index contributed by atoms with van der Waals surface area (Å²) in [5.74, 6) is 1.25. The molecule has 1 N–H and O–H groups in total. The number of hydrogen-bond donors (Lipinski definition) is 1. The number of fused-ring (bicyclic) bond motifs is 1. The zero-order valence-electron chi connectivity index (χ0n) is 11.3. The van der Waals surface area contributed by atoms with Crippen LogP contribution < -0.4 is 0 Å². The van der Waals surface area contributed by atoms with E-state index in [1.165, 1.54) is 0 Å². The number of nitrogens with zero attached hydrogens (tertiary/aromatic N) is 3. The number of ether oxygens (including phenoxy) is 2. The summed E-state index contributed by atoms with van der Waals surface area (Å²) in [4.78, 5) is 0. The second kappa shape index (κ2) is 4.80. The van der Waals surface area contributed by atoms with Crippen LogP contribution in [0.3, 0.4) is 0 Å². The van der Waals surface area contributed by atoms with E-state index in [2.05, 4.69) is 26.9 Å². The lowest BCUT2D eigenvalue weighted by Crippen LogP contribution is -1.89. The fourth-order valence-electron chi connectivity index (χ4n) is 2.26. The lowest BCUT2D eigenvalue weighted by Gasteiger charge is -2.04. The maximum absolute atomic E-state index is 8.98. The van der Waals surface area contributed by atoms with Crippen molar-refractivity contribution in [3.63, 3.8) is 0 Å². The summed E-state index contributed by atoms with van der Waals surface area (Å²) in [6.07, 6.45) is 1.87. The molecule has 1 fully saturated rings. The Kier molecular flexibility index (Phi) is 2.67. The molecule has 0 unspecified atom stereocenters. The predicted octanol–water partition coefficient (Wildman–Crippen LogP) is 2.27. The first-order valence-electron chi connectivity index (χ1n) is 6.50. The normalized spacial score (nSPS) is 15.0. The van der Waals surface area contributed by atoms with Gasteiger partial charge in [-0.05, 0) is 11.3 Å². The molecule has 22 heavy (non-hydrogen) atoms. The number of allylic oxidation sites excluding steroid dienone is 2. The third-order valence-corrected chi connectivity index (χ3v) is 3.35. The highest BCUT2D eigenvalue weighted by molar-refractivity contribution is 5.77. The van der Waals surface area contributed by atoms with E-state index < -0.39 is 0 Å². The Bertz CT molecular complexity index is 931. The van der Waals surface area contributed by atoms with Crippen molar-refractivity contribution < 1.29 is 9.47 Å². The molecule has 4 rings (SSSR count). The first-order chi connectivity index (χ1) is 10.8. The zero-order chi connectivity index (χ0) is 14.9. The van der Waals surface area contributed by atoms with Crippen LogP contribution in [0.5, 0.6) is 0 Å². The topological polar surface area (TPSA) is 83.8 Å². The SMILES string of the molecule is N#Cc1n[nH]nc1-c1ccc(C2=C=C=C3OCOC3=C2)cc1. The molecule has 0 saturated carbocycles. The van der Waals surface area contributed by atoms with Crippen LogP contribution in [0.15, 0.2) is 53.3 Å². The second-order valence-electron chi connectivity index (χ2n) is 4.62. The van der Waals surface area contributed by atoms with Crippen molar-refractivity contribution in [1.29, 1.82) is 5.26 Å². The molecule has 0 bridgehead atoms. The third-order valence-electron chi connectivity index (χ3n) is 3.35. The maximum Gasteiger partial charge on any atom is 0.232 e. The number of benzene rings is 1. The molecular formula is C16H8N4O2. The highest BCUT2D eigenvalue weighted by Crippen LogP contribution is 2.28. The van der Waals surface area contributed by atoms with E-state index >= 15 is 0 Å². The second-order valence-corrected chi connectivity index (χ2v) is 4.62. The van der Waals surface area contributed by atoms with Crippen molar-refractivity contribution in [3.05, 3.63) is 64.6 Å².